The Morgan fingerprint density at radius 3 is 2.44 bits per heavy atom. The van der Waals surface area contributed by atoms with Gasteiger partial charge in [0.2, 0.25) is 0 Å². The van der Waals surface area contributed by atoms with Crippen LogP contribution in [-0.2, 0) is 9.59 Å². The predicted octanol–water partition coefficient (Wildman–Crippen LogP) is 2.98. The summed E-state index contributed by atoms with van der Waals surface area (Å²) in [5, 5.41) is 4.97. The first kappa shape index (κ1) is 17.0. The van der Waals surface area contributed by atoms with Gasteiger partial charge >= 0.3 is 0 Å². The van der Waals surface area contributed by atoms with Gasteiger partial charge in [-0.1, -0.05) is 6.07 Å². The van der Waals surface area contributed by atoms with Crippen LogP contribution in [0.25, 0.3) is 5.57 Å². The summed E-state index contributed by atoms with van der Waals surface area (Å²) in [7, 11) is 3.10. The smallest absolute Gasteiger partial charge is 0.278 e. The Hall–Kier alpha value is -2.80. The molecule has 0 atom stereocenters. The third-order valence-electron chi connectivity index (χ3n) is 3.90. The number of carbonyl (C=O) groups excluding carboxylic acids is 2. The summed E-state index contributed by atoms with van der Waals surface area (Å²) < 4.78 is 10.5. The predicted molar refractivity (Wildman–Crippen MR) is 96.8 cm³/mol. The highest BCUT2D eigenvalue weighted by Crippen LogP contribution is 2.35. The lowest BCUT2D eigenvalue weighted by Crippen LogP contribution is -2.32. The van der Waals surface area contributed by atoms with Crippen LogP contribution < -0.4 is 14.8 Å². The molecule has 1 aromatic heterocycles. The normalized spacial score (nSPS) is 14.3. The van der Waals surface area contributed by atoms with Gasteiger partial charge in [-0.2, -0.15) is 0 Å². The van der Waals surface area contributed by atoms with Crippen molar-refractivity contribution in [1.29, 1.82) is 0 Å². The van der Waals surface area contributed by atoms with E-state index in [0.717, 1.165) is 4.88 Å². The van der Waals surface area contributed by atoms with E-state index in [1.807, 2.05) is 17.5 Å². The molecular formula is C18H18N2O4S. The summed E-state index contributed by atoms with van der Waals surface area (Å²) >= 11 is 1.42. The highest BCUT2D eigenvalue weighted by atomic mass is 32.1. The molecule has 0 radical (unpaired) electrons. The van der Waals surface area contributed by atoms with Crippen LogP contribution in [0.1, 0.15) is 11.8 Å². The number of anilines is 1. The molecule has 2 heterocycles. The van der Waals surface area contributed by atoms with Crippen molar-refractivity contribution in [3.05, 3.63) is 46.3 Å². The first-order valence-corrected chi connectivity index (χ1v) is 8.62. The van der Waals surface area contributed by atoms with Crippen LogP contribution >= 0.6 is 11.3 Å². The molecule has 25 heavy (non-hydrogen) atoms. The monoisotopic (exact) mass is 358 g/mol. The number of hydrogen-bond acceptors (Lipinski definition) is 6. The molecule has 0 spiro atoms. The van der Waals surface area contributed by atoms with Gasteiger partial charge in [0.05, 0.1) is 19.8 Å². The van der Waals surface area contributed by atoms with E-state index >= 15 is 0 Å². The lowest BCUT2D eigenvalue weighted by atomic mass is 10.2. The Morgan fingerprint density at radius 1 is 1.08 bits per heavy atom. The molecule has 1 aromatic carbocycles. The minimum absolute atomic E-state index is 0.279. The first-order chi connectivity index (χ1) is 12.1. The Bertz CT molecular complexity index is 843. The number of ether oxygens (including phenoxy) is 2. The molecule has 7 heteroatoms. The zero-order chi connectivity index (χ0) is 18.0. The van der Waals surface area contributed by atoms with E-state index in [1.54, 1.807) is 39.3 Å². The highest BCUT2D eigenvalue weighted by molar-refractivity contribution is 7.11. The van der Waals surface area contributed by atoms with Crippen molar-refractivity contribution in [2.24, 2.45) is 0 Å². The van der Waals surface area contributed by atoms with E-state index in [1.165, 1.54) is 16.2 Å². The average Bonchev–Trinajstić information content (AvgIpc) is 3.22. The largest absolute Gasteiger partial charge is 0.493 e. The average molecular weight is 358 g/mol. The number of benzene rings is 1. The van der Waals surface area contributed by atoms with Gasteiger partial charge in [0.15, 0.2) is 11.5 Å². The molecule has 2 aromatic rings. The van der Waals surface area contributed by atoms with Crippen LogP contribution in [0.15, 0.2) is 41.4 Å². The molecule has 2 amide bonds. The van der Waals surface area contributed by atoms with Gasteiger partial charge in [-0.15, -0.1) is 11.3 Å². The molecule has 1 aliphatic heterocycles. The number of hydrogen-bond donors (Lipinski definition) is 1. The summed E-state index contributed by atoms with van der Waals surface area (Å²) in [4.78, 5) is 27.3. The second kappa shape index (κ2) is 6.98. The van der Waals surface area contributed by atoms with Gasteiger partial charge in [0.1, 0.15) is 5.70 Å². The molecule has 0 saturated carbocycles. The van der Waals surface area contributed by atoms with Gasteiger partial charge in [-0.3, -0.25) is 14.5 Å². The van der Waals surface area contributed by atoms with Gasteiger partial charge in [0, 0.05) is 23.2 Å². The Morgan fingerprint density at radius 2 is 1.84 bits per heavy atom. The van der Waals surface area contributed by atoms with Crippen molar-refractivity contribution in [2.75, 3.05) is 26.1 Å². The van der Waals surface area contributed by atoms with Crippen molar-refractivity contribution in [2.45, 2.75) is 6.92 Å². The molecule has 0 aliphatic carbocycles. The van der Waals surface area contributed by atoms with Crippen LogP contribution in [0.2, 0.25) is 0 Å². The van der Waals surface area contributed by atoms with Gasteiger partial charge < -0.3 is 14.8 Å². The maximum Gasteiger partial charge on any atom is 0.278 e. The van der Waals surface area contributed by atoms with Crippen LogP contribution in [0.4, 0.5) is 5.69 Å². The lowest BCUT2D eigenvalue weighted by molar-refractivity contribution is -0.136. The van der Waals surface area contributed by atoms with Gasteiger partial charge in [-0.05, 0) is 30.5 Å². The Kier molecular flexibility index (Phi) is 4.76. The zero-order valence-electron chi connectivity index (χ0n) is 14.2. The number of rotatable bonds is 6. The number of carbonyl (C=O) groups is 2. The maximum atomic E-state index is 12.7. The Labute approximate surface area is 149 Å². The molecule has 1 aliphatic rings. The number of likely N-dealkylation sites (N-methyl/N-ethyl adjacent to an activating group) is 1. The molecule has 1 N–H and O–H groups in total. The number of imide groups is 1. The fourth-order valence-corrected chi connectivity index (χ4v) is 3.46. The quantitative estimate of drug-likeness (QED) is 0.804. The van der Waals surface area contributed by atoms with Crippen molar-refractivity contribution >= 4 is 34.4 Å². The second-order valence-electron chi connectivity index (χ2n) is 5.28. The third-order valence-corrected chi connectivity index (χ3v) is 4.79. The molecule has 3 rings (SSSR count). The van der Waals surface area contributed by atoms with Gasteiger partial charge in [0.25, 0.3) is 11.8 Å². The highest BCUT2D eigenvalue weighted by Gasteiger charge is 2.38. The summed E-state index contributed by atoms with van der Waals surface area (Å²) in [5.41, 5.74) is 1.32. The fourth-order valence-electron chi connectivity index (χ4n) is 2.69. The number of thiophene rings is 1. The second-order valence-corrected chi connectivity index (χ2v) is 6.22. The third kappa shape index (κ3) is 2.98. The maximum absolute atomic E-state index is 12.7. The molecule has 6 nitrogen and oxygen atoms in total. The molecule has 0 saturated heterocycles. The standard InChI is InChI=1S/C18H18N2O4S/c1-4-20-17(21)15(14-6-5-9-25-14)16(18(20)22)19-11-7-8-12(23-2)13(10-11)24-3/h5-10,19H,4H2,1-3H3. The summed E-state index contributed by atoms with van der Waals surface area (Å²) in [5.74, 6) is 0.517. The van der Waals surface area contributed by atoms with E-state index in [9.17, 15) is 9.59 Å². The summed E-state index contributed by atoms with van der Waals surface area (Å²) in [6, 6.07) is 8.93. The Balaban J connectivity index is 2.03. The fraction of sp³-hybridized carbons (Fsp3) is 0.222. The summed E-state index contributed by atoms with van der Waals surface area (Å²) in [6.45, 7) is 2.10. The van der Waals surface area contributed by atoms with E-state index < -0.39 is 0 Å². The van der Waals surface area contributed by atoms with Crippen molar-refractivity contribution < 1.29 is 19.1 Å². The van der Waals surface area contributed by atoms with Crippen LogP contribution in [0, 0.1) is 0 Å². The van der Waals surface area contributed by atoms with Gasteiger partial charge in [-0.25, -0.2) is 0 Å². The van der Waals surface area contributed by atoms with Crippen molar-refractivity contribution in [3.63, 3.8) is 0 Å². The number of nitrogens with one attached hydrogen (secondary N) is 1. The number of nitrogens with zero attached hydrogens (tertiary/aromatic N) is 1. The molecule has 0 bridgehead atoms. The van der Waals surface area contributed by atoms with Crippen molar-refractivity contribution in [3.8, 4) is 11.5 Å². The molecule has 0 unspecified atom stereocenters. The zero-order valence-corrected chi connectivity index (χ0v) is 15.0. The minimum Gasteiger partial charge on any atom is -0.493 e. The SMILES string of the molecule is CCN1C(=O)C(Nc2ccc(OC)c(OC)c2)=C(c2cccs2)C1=O. The molecular weight excluding hydrogens is 340 g/mol. The summed E-state index contributed by atoms with van der Waals surface area (Å²) in [6.07, 6.45) is 0. The van der Waals surface area contributed by atoms with E-state index in [0.29, 0.717) is 29.3 Å². The van der Waals surface area contributed by atoms with E-state index in [2.05, 4.69) is 5.32 Å². The van der Waals surface area contributed by atoms with Crippen molar-refractivity contribution in [1.82, 2.24) is 4.90 Å². The molecule has 0 fully saturated rings. The first-order valence-electron chi connectivity index (χ1n) is 7.74. The number of amides is 2. The molecule has 130 valence electrons. The number of methoxy groups -OCH3 is 2. The van der Waals surface area contributed by atoms with Crippen LogP contribution in [0.3, 0.4) is 0 Å². The van der Waals surface area contributed by atoms with Crippen LogP contribution in [-0.4, -0.2) is 37.5 Å². The lowest BCUT2D eigenvalue weighted by Gasteiger charge is -2.13. The van der Waals surface area contributed by atoms with E-state index in [-0.39, 0.29) is 17.5 Å². The topological polar surface area (TPSA) is 67.9 Å². The minimum atomic E-state index is -0.328. The van der Waals surface area contributed by atoms with Crippen LogP contribution in [0.5, 0.6) is 11.5 Å². The van der Waals surface area contributed by atoms with E-state index in [4.69, 9.17) is 9.47 Å².